The molecular formula is C29H32ClF3N6O4. The Labute approximate surface area is 250 Å². The van der Waals surface area contributed by atoms with Crippen molar-refractivity contribution in [3.63, 3.8) is 0 Å². The average molecular weight is 621 g/mol. The lowest BCUT2D eigenvalue weighted by Crippen LogP contribution is -2.46. The number of aliphatic carboxylic acids is 1. The fourth-order valence-corrected chi connectivity index (χ4v) is 6.52. The van der Waals surface area contributed by atoms with Gasteiger partial charge in [0.1, 0.15) is 11.9 Å². The lowest BCUT2D eigenvalue weighted by molar-refractivity contribution is -0.198. The number of nitrogens with zero attached hydrogens (tertiary/aromatic N) is 4. The van der Waals surface area contributed by atoms with E-state index < -0.39 is 29.9 Å². The molecule has 2 fully saturated rings. The summed E-state index contributed by atoms with van der Waals surface area (Å²) in [7, 11) is 1.50. The number of hydrogen-bond donors (Lipinski definition) is 3. The number of nitrogen functional groups attached to an aromatic ring is 1. The first-order valence-corrected chi connectivity index (χ1v) is 14.3. The fourth-order valence-electron chi connectivity index (χ4n) is 6.34. The number of halogens is 4. The Hall–Kier alpha value is -3.84. The smallest absolute Gasteiger partial charge is 0.429 e. The van der Waals surface area contributed by atoms with Crippen molar-refractivity contribution in [3.8, 4) is 17.0 Å². The van der Waals surface area contributed by atoms with Crippen LogP contribution in [-0.4, -0.2) is 57.0 Å². The van der Waals surface area contributed by atoms with Crippen LogP contribution in [0.15, 0.2) is 47.4 Å². The summed E-state index contributed by atoms with van der Waals surface area (Å²) in [6.45, 7) is 3.02. The number of carboxylic acid groups (broad SMARTS) is 1. The first-order valence-electron chi connectivity index (χ1n) is 13.9. The van der Waals surface area contributed by atoms with Gasteiger partial charge in [0.2, 0.25) is 17.9 Å². The Balaban J connectivity index is 1.44. The van der Waals surface area contributed by atoms with Crippen molar-refractivity contribution in [2.75, 3.05) is 23.7 Å². The van der Waals surface area contributed by atoms with Gasteiger partial charge in [0.25, 0.3) is 5.56 Å². The average Bonchev–Trinajstić information content (AvgIpc) is 3.31. The number of aryl methyl sites for hydroxylation is 1. The standard InChI is InChI=1S/C29H32ClF3N6O4/c1-3-21-28(15-20(35-21)26(41)42)8-11-39(12-9-28)22-14-23(37-27(34)36-22)43-24(29(31,32)33)17-7-6-16(30)13-19(17)18-5-4-10-38(2)25(18)40/h4-7,10,13-14,20-21,24,35H,3,8-9,11-12,15H2,1-2H3,(H,41,42)(H2,34,36,37)/t20?,21?,24-/m1/s1. The maximum Gasteiger partial charge on any atom is 0.429 e. The maximum atomic E-state index is 14.6. The van der Waals surface area contributed by atoms with E-state index in [0.717, 1.165) is 6.42 Å². The quantitative estimate of drug-likeness (QED) is 0.347. The Morgan fingerprint density at radius 1 is 1.23 bits per heavy atom. The molecule has 2 aliphatic heterocycles. The van der Waals surface area contributed by atoms with Crippen LogP contribution in [0.25, 0.3) is 11.1 Å². The van der Waals surface area contributed by atoms with Crippen molar-refractivity contribution in [2.45, 2.75) is 57.0 Å². The number of carbonyl (C=O) groups is 1. The third-order valence-electron chi connectivity index (χ3n) is 8.50. The summed E-state index contributed by atoms with van der Waals surface area (Å²) >= 11 is 6.15. The molecule has 3 aromatic rings. The largest absolute Gasteiger partial charge is 0.480 e. The number of carboxylic acids is 1. The topological polar surface area (TPSA) is 136 Å². The van der Waals surface area contributed by atoms with Gasteiger partial charge in [-0.2, -0.15) is 23.1 Å². The molecule has 2 unspecified atom stereocenters. The minimum Gasteiger partial charge on any atom is -0.480 e. The van der Waals surface area contributed by atoms with Crippen molar-refractivity contribution >= 4 is 29.3 Å². The van der Waals surface area contributed by atoms with Crippen molar-refractivity contribution in [2.24, 2.45) is 12.5 Å². The van der Waals surface area contributed by atoms with E-state index >= 15 is 0 Å². The molecule has 0 radical (unpaired) electrons. The second kappa shape index (κ2) is 11.7. The van der Waals surface area contributed by atoms with Gasteiger partial charge in [-0.1, -0.05) is 24.6 Å². The molecule has 230 valence electrons. The highest BCUT2D eigenvalue weighted by molar-refractivity contribution is 6.30. The van der Waals surface area contributed by atoms with Gasteiger partial charge in [0, 0.05) is 54.6 Å². The van der Waals surface area contributed by atoms with Crippen LogP contribution in [0, 0.1) is 5.41 Å². The van der Waals surface area contributed by atoms with Gasteiger partial charge < -0.3 is 30.4 Å². The number of nitrogens with one attached hydrogen (secondary N) is 1. The molecule has 2 aromatic heterocycles. The Bertz CT molecular complexity index is 1570. The van der Waals surface area contributed by atoms with E-state index in [9.17, 15) is 27.9 Å². The number of pyridine rings is 1. The molecule has 0 amide bonds. The zero-order valence-corrected chi connectivity index (χ0v) is 24.3. The lowest BCUT2D eigenvalue weighted by Gasteiger charge is -2.43. The number of alkyl halides is 3. The van der Waals surface area contributed by atoms with E-state index in [-0.39, 0.29) is 45.0 Å². The van der Waals surface area contributed by atoms with Crippen molar-refractivity contribution in [1.29, 1.82) is 0 Å². The molecule has 4 N–H and O–H groups in total. The summed E-state index contributed by atoms with van der Waals surface area (Å²) < 4.78 is 50.5. The fraction of sp³-hybridized carbons (Fsp3) is 0.448. The zero-order valence-electron chi connectivity index (χ0n) is 23.6. The molecule has 0 aliphatic carbocycles. The molecule has 14 heteroatoms. The highest BCUT2D eigenvalue weighted by Crippen LogP contribution is 2.46. The van der Waals surface area contributed by atoms with E-state index in [4.69, 9.17) is 22.1 Å². The predicted octanol–water partition coefficient (Wildman–Crippen LogP) is 4.57. The molecule has 3 atom stereocenters. The van der Waals surface area contributed by atoms with Crippen LogP contribution in [0.3, 0.4) is 0 Å². The maximum absolute atomic E-state index is 14.6. The van der Waals surface area contributed by atoms with Gasteiger partial charge >= 0.3 is 12.1 Å². The molecule has 2 saturated heterocycles. The zero-order chi connectivity index (χ0) is 31.1. The van der Waals surface area contributed by atoms with E-state index in [0.29, 0.717) is 38.2 Å². The number of piperidine rings is 1. The number of anilines is 2. The molecule has 5 rings (SSSR count). The number of hydrogen-bond acceptors (Lipinski definition) is 8. The third kappa shape index (κ3) is 6.14. The molecule has 1 spiro atoms. The molecule has 0 saturated carbocycles. The van der Waals surface area contributed by atoms with Crippen LogP contribution in [0.1, 0.15) is 44.3 Å². The number of benzene rings is 1. The Morgan fingerprint density at radius 2 is 1.95 bits per heavy atom. The van der Waals surface area contributed by atoms with Crippen LogP contribution < -0.4 is 26.2 Å². The van der Waals surface area contributed by atoms with E-state index in [1.165, 1.54) is 48.1 Å². The normalized spacial score (nSPS) is 20.7. The van der Waals surface area contributed by atoms with Crippen LogP contribution in [-0.2, 0) is 11.8 Å². The van der Waals surface area contributed by atoms with E-state index in [2.05, 4.69) is 15.3 Å². The van der Waals surface area contributed by atoms with Gasteiger partial charge in [0.15, 0.2) is 0 Å². The number of nitrogens with two attached hydrogens (primary N) is 1. The van der Waals surface area contributed by atoms with Crippen molar-refractivity contribution in [1.82, 2.24) is 19.9 Å². The highest BCUT2D eigenvalue weighted by Gasteiger charge is 2.50. The van der Waals surface area contributed by atoms with Gasteiger partial charge in [-0.25, -0.2) is 0 Å². The lowest BCUT2D eigenvalue weighted by atomic mass is 9.71. The molecule has 0 bridgehead atoms. The van der Waals surface area contributed by atoms with Crippen LogP contribution in [0.4, 0.5) is 24.9 Å². The molecule has 10 nitrogen and oxygen atoms in total. The second-order valence-corrected chi connectivity index (χ2v) is 11.5. The van der Waals surface area contributed by atoms with Gasteiger partial charge in [-0.15, -0.1) is 0 Å². The summed E-state index contributed by atoms with van der Waals surface area (Å²) in [5, 5.41) is 12.9. The molecule has 4 heterocycles. The third-order valence-corrected chi connectivity index (χ3v) is 8.73. The van der Waals surface area contributed by atoms with Crippen molar-refractivity contribution in [3.05, 3.63) is 63.5 Å². The molecular weight excluding hydrogens is 589 g/mol. The number of rotatable bonds is 7. The summed E-state index contributed by atoms with van der Waals surface area (Å²) in [6, 6.07) is 7.52. The van der Waals surface area contributed by atoms with Gasteiger partial charge in [0.05, 0.1) is 0 Å². The first-order chi connectivity index (χ1) is 20.3. The monoisotopic (exact) mass is 620 g/mol. The minimum absolute atomic E-state index is 0.0186. The molecule has 43 heavy (non-hydrogen) atoms. The van der Waals surface area contributed by atoms with Gasteiger partial charge in [-0.3, -0.25) is 9.59 Å². The first kappa shape index (κ1) is 30.6. The second-order valence-electron chi connectivity index (χ2n) is 11.1. The van der Waals surface area contributed by atoms with Crippen LogP contribution in [0.5, 0.6) is 5.88 Å². The van der Waals surface area contributed by atoms with Crippen LogP contribution >= 0.6 is 11.6 Å². The van der Waals surface area contributed by atoms with E-state index in [1.807, 2.05) is 11.8 Å². The van der Waals surface area contributed by atoms with Crippen LogP contribution in [0.2, 0.25) is 5.02 Å². The summed E-state index contributed by atoms with van der Waals surface area (Å²) in [5.74, 6) is -1.21. The SMILES string of the molecule is CCC1NC(C(=O)O)CC12CCN(c1cc(O[C@H](c3ccc(Cl)cc3-c3cccn(C)c3=O)C(F)(F)F)nc(N)n1)CC2. The number of ether oxygens (including phenoxy) is 1. The summed E-state index contributed by atoms with van der Waals surface area (Å²) in [6.07, 6.45) is -3.26. The van der Waals surface area contributed by atoms with E-state index in [1.54, 1.807) is 6.07 Å². The van der Waals surface area contributed by atoms with Gasteiger partial charge in [-0.05, 0) is 60.9 Å². The summed E-state index contributed by atoms with van der Waals surface area (Å²) in [5.41, 5.74) is 4.93. The Morgan fingerprint density at radius 3 is 2.60 bits per heavy atom. The number of aromatic nitrogens is 3. The molecule has 2 aliphatic rings. The predicted molar refractivity (Wildman–Crippen MR) is 155 cm³/mol. The minimum atomic E-state index is -4.90. The highest BCUT2D eigenvalue weighted by atomic mass is 35.5. The summed E-state index contributed by atoms with van der Waals surface area (Å²) in [4.78, 5) is 34.6. The van der Waals surface area contributed by atoms with Crippen molar-refractivity contribution < 1.29 is 27.8 Å². The molecule has 1 aromatic carbocycles. The Kier molecular flexibility index (Phi) is 8.32.